The van der Waals surface area contributed by atoms with Crippen molar-refractivity contribution in [2.24, 2.45) is 0 Å². The monoisotopic (exact) mass is 584 g/mol. The summed E-state index contributed by atoms with van der Waals surface area (Å²) < 4.78 is 54.8. The Labute approximate surface area is 210 Å². The van der Waals surface area contributed by atoms with E-state index in [1.54, 1.807) is 6.92 Å². The van der Waals surface area contributed by atoms with Crippen molar-refractivity contribution < 1.29 is 16.8 Å². The van der Waals surface area contributed by atoms with Gasteiger partial charge >= 0.3 is 0 Å². The van der Waals surface area contributed by atoms with E-state index in [0.29, 0.717) is 0 Å². The summed E-state index contributed by atoms with van der Waals surface area (Å²) in [4.78, 5) is -0.418. The van der Waals surface area contributed by atoms with Crippen LogP contribution in [0, 0.1) is 0 Å². The largest absolute Gasteiger partial charge is 0.244 e. The molecule has 1 unspecified atom stereocenters. The second kappa shape index (κ2) is 9.33. The maximum atomic E-state index is 13.2. The number of hydrogen-bond acceptors (Lipinski definition) is 4. The minimum absolute atomic E-state index is 0.0760. The third kappa shape index (κ3) is 4.67. The second-order valence-electron chi connectivity index (χ2n) is 6.67. The number of piperazine rings is 1. The van der Waals surface area contributed by atoms with Crippen LogP contribution in [0.4, 0.5) is 0 Å². The topological polar surface area (TPSA) is 74.8 Å². The fourth-order valence-electron chi connectivity index (χ4n) is 3.16. The lowest BCUT2D eigenvalue weighted by atomic mass is 10.3. The van der Waals surface area contributed by atoms with Gasteiger partial charge in [0.1, 0.15) is 9.79 Å². The zero-order valence-electron chi connectivity index (χ0n) is 15.6. The highest BCUT2D eigenvalue weighted by Crippen LogP contribution is 2.39. The molecule has 14 heteroatoms. The predicted molar refractivity (Wildman–Crippen MR) is 125 cm³/mol. The van der Waals surface area contributed by atoms with Crippen molar-refractivity contribution in [1.29, 1.82) is 0 Å². The first-order valence-electron chi connectivity index (χ1n) is 8.59. The Balaban J connectivity index is 1.91. The quantitative estimate of drug-likeness (QED) is 0.431. The fraction of sp³-hybridized carbons (Fsp3) is 0.294. The van der Waals surface area contributed by atoms with Gasteiger partial charge in [-0.15, -0.1) is 0 Å². The molecule has 0 bridgehead atoms. The van der Waals surface area contributed by atoms with E-state index in [1.165, 1.54) is 28.6 Å². The summed E-state index contributed by atoms with van der Waals surface area (Å²) in [6, 6.07) is 4.48. The lowest BCUT2D eigenvalue weighted by Gasteiger charge is -2.38. The van der Waals surface area contributed by atoms with E-state index in [0.717, 1.165) is 4.31 Å². The number of hydrogen-bond donors (Lipinski definition) is 0. The highest BCUT2D eigenvalue weighted by molar-refractivity contribution is 7.89. The van der Waals surface area contributed by atoms with E-state index in [2.05, 4.69) is 0 Å². The van der Waals surface area contributed by atoms with Gasteiger partial charge in [0.15, 0.2) is 0 Å². The smallest absolute Gasteiger partial charge is 0.207 e. The zero-order chi connectivity index (χ0) is 23.3. The van der Waals surface area contributed by atoms with Crippen molar-refractivity contribution in [3.63, 3.8) is 0 Å². The highest BCUT2D eigenvalue weighted by atomic mass is 35.5. The SMILES string of the molecule is CC1CN(S(=O)(=O)c2ccc(Cl)c(Cl)c2Cl)CCN1S(=O)(=O)c1ccc(Cl)c(Cl)c1Cl. The van der Waals surface area contributed by atoms with Crippen molar-refractivity contribution in [2.75, 3.05) is 19.6 Å². The van der Waals surface area contributed by atoms with Crippen molar-refractivity contribution >= 4 is 89.7 Å². The molecule has 0 aliphatic carbocycles. The van der Waals surface area contributed by atoms with Crippen molar-refractivity contribution in [3.8, 4) is 0 Å². The van der Waals surface area contributed by atoms with E-state index < -0.39 is 26.1 Å². The molecule has 1 aliphatic rings. The second-order valence-corrected chi connectivity index (χ2v) is 12.8. The molecule has 0 amide bonds. The van der Waals surface area contributed by atoms with Gasteiger partial charge in [-0.25, -0.2) is 16.8 Å². The Morgan fingerprint density at radius 2 is 1.16 bits per heavy atom. The Morgan fingerprint density at radius 3 is 1.61 bits per heavy atom. The maximum Gasteiger partial charge on any atom is 0.244 e. The van der Waals surface area contributed by atoms with Crippen LogP contribution in [-0.4, -0.2) is 51.1 Å². The van der Waals surface area contributed by atoms with Crippen LogP contribution in [0.25, 0.3) is 0 Å². The molecule has 0 aromatic heterocycles. The first kappa shape index (κ1) is 25.6. The number of benzene rings is 2. The molecule has 1 saturated heterocycles. The summed E-state index contributed by atoms with van der Waals surface area (Å²) in [6.45, 7) is 1.25. The molecule has 0 saturated carbocycles. The molecule has 1 aliphatic heterocycles. The predicted octanol–water partition coefficient (Wildman–Crippen LogP) is 5.69. The fourth-order valence-corrected chi connectivity index (χ4v) is 8.20. The van der Waals surface area contributed by atoms with Crippen molar-refractivity contribution in [3.05, 3.63) is 54.4 Å². The summed E-state index contributed by atoms with van der Waals surface area (Å²) >= 11 is 35.9. The van der Waals surface area contributed by atoms with Crippen LogP contribution < -0.4 is 0 Å². The molecular weight excluding hydrogens is 573 g/mol. The number of sulfonamides is 2. The molecule has 3 rings (SSSR count). The van der Waals surface area contributed by atoms with Gasteiger partial charge in [0.2, 0.25) is 20.0 Å². The third-order valence-corrected chi connectivity index (χ3v) is 11.5. The summed E-state index contributed by atoms with van der Waals surface area (Å²) in [5.41, 5.74) is 0. The van der Waals surface area contributed by atoms with Crippen LogP contribution in [0.5, 0.6) is 0 Å². The zero-order valence-corrected chi connectivity index (χ0v) is 21.8. The first-order valence-corrected chi connectivity index (χ1v) is 13.7. The van der Waals surface area contributed by atoms with Gasteiger partial charge in [-0.3, -0.25) is 0 Å². The van der Waals surface area contributed by atoms with Crippen LogP contribution in [0.1, 0.15) is 6.92 Å². The molecule has 6 nitrogen and oxygen atoms in total. The molecule has 31 heavy (non-hydrogen) atoms. The molecule has 1 fully saturated rings. The van der Waals surface area contributed by atoms with Crippen LogP contribution in [0.2, 0.25) is 30.1 Å². The van der Waals surface area contributed by atoms with Crippen LogP contribution >= 0.6 is 69.6 Å². The van der Waals surface area contributed by atoms with Crippen LogP contribution in [0.3, 0.4) is 0 Å². The van der Waals surface area contributed by atoms with Gasteiger partial charge in [0.25, 0.3) is 0 Å². The summed E-state index contributed by atoms with van der Waals surface area (Å²) in [5.74, 6) is 0. The van der Waals surface area contributed by atoms with Gasteiger partial charge < -0.3 is 0 Å². The van der Waals surface area contributed by atoms with E-state index in [-0.39, 0.29) is 59.6 Å². The minimum atomic E-state index is -4.06. The Morgan fingerprint density at radius 1 is 0.710 bits per heavy atom. The summed E-state index contributed by atoms with van der Waals surface area (Å²) in [5, 5.41) is -0.305. The van der Waals surface area contributed by atoms with E-state index in [9.17, 15) is 16.8 Å². The van der Waals surface area contributed by atoms with Crippen molar-refractivity contribution in [1.82, 2.24) is 8.61 Å². The van der Waals surface area contributed by atoms with E-state index in [4.69, 9.17) is 69.6 Å². The Kier molecular flexibility index (Phi) is 7.71. The first-order chi connectivity index (χ1) is 14.3. The summed E-state index contributed by atoms with van der Waals surface area (Å²) in [7, 11) is -8.11. The van der Waals surface area contributed by atoms with Gasteiger partial charge in [-0.1, -0.05) is 69.6 Å². The molecule has 1 atom stereocenters. The number of halogens is 6. The average Bonchev–Trinajstić information content (AvgIpc) is 2.69. The molecule has 0 radical (unpaired) electrons. The van der Waals surface area contributed by atoms with Gasteiger partial charge in [-0.05, 0) is 31.2 Å². The molecule has 170 valence electrons. The van der Waals surface area contributed by atoms with Gasteiger partial charge in [0.05, 0.1) is 30.1 Å². The van der Waals surface area contributed by atoms with Gasteiger partial charge in [-0.2, -0.15) is 8.61 Å². The normalized spacial score (nSPS) is 19.0. The maximum absolute atomic E-state index is 13.2. The number of nitrogens with zero attached hydrogens (tertiary/aromatic N) is 2. The molecule has 1 heterocycles. The van der Waals surface area contributed by atoms with Crippen molar-refractivity contribution in [2.45, 2.75) is 22.8 Å². The molecule has 2 aromatic carbocycles. The van der Waals surface area contributed by atoms with Crippen LogP contribution in [-0.2, 0) is 20.0 Å². The Bertz CT molecular complexity index is 1250. The standard InChI is InChI=1S/C17H14Cl6N2O4S2/c1-9-8-24(30(26,27)12-4-2-10(18)14(20)16(12)22)6-7-25(9)31(28,29)13-5-3-11(19)15(21)17(13)23/h2-5,9H,6-8H2,1H3. The lowest BCUT2D eigenvalue weighted by molar-refractivity contribution is 0.212. The minimum Gasteiger partial charge on any atom is -0.207 e. The van der Waals surface area contributed by atoms with Crippen LogP contribution in [0.15, 0.2) is 34.1 Å². The molecule has 0 N–H and O–H groups in total. The van der Waals surface area contributed by atoms with E-state index in [1.807, 2.05) is 0 Å². The molecular formula is C17H14Cl6N2O4S2. The molecule has 2 aromatic rings. The van der Waals surface area contributed by atoms with Gasteiger partial charge in [0, 0.05) is 25.7 Å². The number of rotatable bonds is 4. The average molecular weight is 587 g/mol. The summed E-state index contributed by atoms with van der Waals surface area (Å²) in [6.07, 6.45) is 0. The van der Waals surface area contributed by atoms with E-state index >= 15 is 0 Å². The molecule has 0 spiro atoms. The highest BCUT2D eigenvalue weighted by Gasteiger charge is 2.40. The lowest BCUT2D eigenvalue weighted by Crippen LogP contribution is -2.55. The third-order valence-electron chi connectivity index (χ3n) is 4.73. The Hall–Kier alpha value is -0.000000000000000278.